The van der Waals surface area contributed by atoms with Gasteiger partial charge in [-0.1, -0.05) is 18.2 Å². The van der Waals surface area contributed by atoms with Gasteiger partial charge < -0.3 is 0 Å². The lowest BCUT2D eigenvalue weighted by Gasteiger charge is -2.12. The van der Waals surface area contributed by atoms with Gasteiger partial charge in [0.15, 0.2) is 0 Å². The maximum atomic E-state index is 12.0. The average molecular weight is 345 g/mol. The predicted octanol–water partition coefficient (Wildman–Crippen LogP) is 2.54. The molecule has 0 saturated heterocycles. The number of carbonyl (C=O) groups is 2. The van der Waals surface area contributed by atoms with Crippen LogP contribution in [0.25, 0.3) is 0 Å². The molecule has 2 aromatic carbocycles. The fraction of sp³-hybridized carbons (Fsp3) is 0.125. The summed E-state index contributed by atoms with van der Waals surface area (Å²) in [7, 11) is 0. The molecule has 2 aromatic rings. The highest BCUT2D eigenvalue weighted by Gasteiger charge is 2.16. The van der Waals surface area contributed by atoms with E-state index >= 15 is 0 Å². The van der Waals surface area contributed by atoms with Crippen LogP contribution in [0, 0.1) is 10.1 Å². The number of hydrazine groups is 1. The van der Waals surface area contributed by atoms with Crippen LogP contribution in [-0.2, 0) is 4.79 Å². The smallest absolute Gasteiger partial charge is 0.269 e. The van der Waals surface area contributed by atoms with Gasteiger partial charge in [0.05, 0.1) is 10.2 Å². The molecule has 0 aromatic heterocycles. The average Bonchev–Trinajstić information content (AvgIpc) is 2.60. The Morgan fingerprint density at radius 3 is 2.25 bits per heavy atom. The molecule has 124 valence electrons. The van der Waals surface area contributed by atoms with Gasteiger partial charge in [-0.05, 0) is 31.2 Å². The van der Waals surface area contributed by atoms with Crippen molar-refractivity contribution >= 4 is 29.3 Å². The summed E-state index contributed by atoms with van der Waals surface area (Å²) < 4.78 is 0. The first-order valence-corrected chi connectivity index (χ1v) is 7.91. The van der Waals surface area contributed by atoms with Crippen molar-refractivity contribution in [2.75, 3.05) is 0 Å². The molecule has 0 saturated carbocycles. The van der Waals surface area contributed by atoms with Crippen molar-refractivity contribution < 1.29 is 14.5 Å². The van der Waals surface area contributed by atoms with E-state index in [2.05, 4.69) is 10.9 Å². The summed E-state index contributed by atoms with van der Waals surface area (Å²) in [4.78, 5) is 34.9. The third-order valence-corrected chi connectivity index (χ3v) is 4.18. The summed E-state index contributed by atoms with van der Waals surface area (Å²) in [6.45, 7) is 1.73. The van der Waals surface area contributed by atoms with Crippen molar-refractivity contribution in [2.45, 2.75) is 17.1 Å². The van der Waals surface area contributed by atoms with Crippen molar-refractivity contribution in [2.24, 2.45) is 0 Å². The number of non-ortho nitro benzene ring substituents is 1. The van der Waals surface area contributed by atoms with Crippen LogP contribution in [0.2, 0.25) is 0 Å². The van der Waals surface area contributed by atoms with Crippen molar-refractivity contribution in [3.8, 4) is 0 Å². The number of hydrogen-bond acceptors (Lipinski definition) is 5. The molecule has 0 aliphatic rings. The first-order valence-electron chi connectivity index (χ1n) is 7.03. The Bertz CT molecular complexity index is 735. The predicted molar refractivity (Wildman–Crippen MR) is 90.5 cm³/mol. The van der Waals surface area contributed by atoms with E-state index in [4.69, 9.17) is 0 Å². The molecule has 24 heavy (non-hydrogen) atoms. The molecule has 0 aliphatic carbocycles. The number of nitrogens with zero attached hydrogens (tertiary/aromatic N) is 1. The lowest BCUT2D eigenvalue weighted by Crippen LogP contribution is -2.44. The fourth-order valence-electron chi connectivity index (χ4n) is 1.78. The standard InChI is InChI=1S/C16H15N3O4S/c1-11(24-14-5-3-2-4-6-14)15(20)17-18-16(21)12-7-9-13(10-8-12)19(22)23/h2-11H,1H3,(H,17,20)(H,18,21)/t11-/m0/s1. The van der Waals surface area contributed by atoms with Gasteiger partial charge in [0.25, 0.3) is 17.5 Å². The second-order valence-electron chi connectivity index (χ2n) is 4.82. The third kappa shape index (κ3) is 4.82. The second kappa shape index (κ2) is 8.11. The van der Waals surface area contributed by atoms with Crippen LogP contribution >= 0.6 is 11.8 Å². The fourth-order valence-corrected chi connectivity index (χ4v) is 2.67. The number of benzene rings is 2. The maximum absolute atomic E-state index is 12.0. The molecule has 0 unspecified atom stereocenters. The molecule has 2 rings (SSSR count). The summed E-state index contributed by atoms with van der Waals surface area (Å²) in [5.41, 5.74) is 4.74. The van der Waals surface area contributed by atoms with E-state index in [0.29, 0.717) is 0 Å². The van der Waals surface area contributed by atoms with Crippen LogP contribution in [0.5, 0.6) is 0 Å². The molecule has 1 atom stereocenters. The minimum absolute atomic E-state index is 0.108. The first kappa shape index (κ1) is 17.5. The van der Waals surface area contributed by atoms with E-state index in [-0.39, 0.29) is 17.2 Å². The van der Waals surface area contributed by atoms with E-state index in [9.17, 15) is 19.7 Å². The quantitative estimate of drug-likeness (QED) is 0.493. The molecule has 7 nitrogen and oxygen atoms in total. The van der Waals surface area contributed by atoms with E-state index < -0.39 is 16.1 Å². The molecule has 2 amide bonds. The molecular weight excluding hydrogens is 330 g/mol. The summed E-state index contributed by atoms with van der Waals surface area (Å²) in [5, 5.41) is 10.2. The highest BCUT2D eigenvalue weighted by molar-refractivity contribution is 8.00. The number of nitrogens with one attached hydrogen (secondary N) is 2. The van der Waals surface area contributed by atoms with Crippen LogP contribution in [0.4, 0.5) is 5.69 Å². The maximum Gasteiger partial charge on any atom is 0.269 e. The van der Waals surface area contributed by atoms with Gasteiger partial charge in [-0.15, -0.1) is 11.8 Å². The number of amides is 2. The number of nitro groups is 1. The Morgan fingerprint density at radius 2 is 1.67 bits per heavy atom. The normalized spacial score (nSPS) is 11.4. The Morgan fingerprint density at radius 1 is 1.04 bits per heavy atom. The Labute approximate surface area is 142 Å². The first-order chi connectivity index (χ1) is 11.5. The zero-order valence-corrected chi connectivity index (χ0v) is 13.6. The van der Waals surface area contributed by atoms with Crippen molar-refractivity contribution in [1.29, 1.82) is 0 Å². The molecule has 0 aliphatic heterocycles. The Hall–Kier alpha value is -2.87. The SMILES string of the molecule is C[C@H](Sc1ccccc1)C(=O)NNC(=O)c1ccc([N+](=O)[O-])cc1. The molecule has 2 N–H and O–H groups in total. The van der Waals surface area contributed by atoms with Gasteiger partial charge in [0.2, 0.25) is 0 Å². The zero-order chi connectivity index (χ0) is 17.5. The molecule has 0 spiro atoms. The van der Waals surface area contributed by atoms with E-state index in [1.807, 2.05) is 30.3 Å². The lowest BCUT2D eigenvalue weighted by molar-refractivity contribution is -0.384. The van der Waals surface area contributed by atoms with Gasteiger partial charge >= 0.3 is 0 Å². The van der Waals surface area contributed by atoms with E-state index in [1.165, 1.54) is 36.0 Å². The minimum Gasteiger partial charge on any atom is -0.272 e. The van der Waals surface area contributed by atoms with Gasteiger partial charge in [-0.25, -0.2) is 0 Å². The second-order valence-corrected chi connectivity index (χ2v) is 6.23. The Balaban J connectivity index is 1.86. The minimum atomic E-state index is -0.550. The summed E-state index contributed by atoms with van der Waals surface area (Å²) in [6.07, 6.45) is 0. The Kier molecular flexibility index (Phi) is 5.91. The molecule has 0 fully saturated rings. The van der Waals surface area contributed by atoms with Gasteiger partial charge in [-0.3, -0.25) is 30.6 Å². The number of carbonyl (C=O) groups excluding carboxylic acids is 2. The van der Waals surface area contributed by atoms with Gasteiger partial charge in [0, 0.05) is 22.6 Å². The summed E-state index contributed by atoms with van der Waals surface area (Å²) in [5.74, 6) is -0.894. The monoisotopic (exact) mass is 345 g/mol. The number of hydrogen-bond donors (Lipinski definition) is 2. The van der Waals surface area contributed by atoms with Crippen molar-refractivity contribution in [3.63, 3.8) is 0 Å². The molecule has 8 heteroatoms. The number of thioether (sulfide) groups is 1. The third-order valence-electron chi connectivity index (χ3n) is 3.06. The topological polar surface area (TPSA) is 101 Å². The summed E-state index contributed by atoms with van der Waals surface area (Å²) in [6, 6.07) is 14.5. The highest BCUT2D eigenvalue weighted by Crippen LogP contribution is 2.22. The lowest BCUT2D eigenvalue weighted by atomic mass is 10.2. The highest BCUT2D eigenvalue weighted by atomic mass is 32.2. The van der Waals surface area contributed by atoms with Crippen LogP contribution in [0.15, 0.2) is 59.5 Å². The van der Waals surface area contributed by atoms with E-state index in [1.54, 1.807) is 6.92 Å². The van der Waals surface area contributed by atoms with Crippen molar-refractivity contribution in [3.05, 3.63) is 70.3 Å². The van der Waals surface area contributed by atoms with Crippen LogP contribution in [-0.4, -0.2) is 22.0 Å². The number of rotatable bonds is 5. The molecular formula is C16H15N3O4S. The van der Waals surface area contributed by atoms with Crippen LogP contribution < -0.4 is 10.9 Å². The van der Waals surface area contributed by atoms with Crippen molar-refractivity contribution in [1.82, 2.24) is 10.9 Å². The van der Waals surface area contributed by atoms with E-state index in [0.717, 1.165) is 4.90 Å². The van der Waals surface area contributed by atoms with Crippen LogP contribution in [0.1, 0.15) is 17.3 Å². The summed E-state index contributed by atoms with van der Waals surface area (Å²) >= 11 is 1.37. The molecule has 0 bridgehead atoms. The largest absolute Gasteiger partial charge is 0.272 e. The number of nitro benzene ring substituents is 1. The molecule has 0 heterocycles. The van der Waals surface area contributed by atoms with Gasteiger partial charge in [-0.2, -0.15) is 0 Å². The molecule has 0 radical (unpaired) electrons. The van der Waals surface area contributed by atoms with Crippen LogP contribution in [0.3, 0.4) is 0 Å². The zero-order valence-electron chi connectivity index (χ0n) is 12.8. The van der Waals surface area contributed by atoms with Gasteiger partial charge in [0.1, 0.15) is 0 Å².